The van der Waals surface area contributed by atoms with Gasteiger partial charge in [0.15, 0.2) is 11.4 Å². The lowest BCUT2D eigenvalue weighted by Gasteiger charge is -2.30. The van der Waals surface area contributed by atoms with E-state index in [9.17, 15) is 9.59 Å². The number of esters is 1. The molecule has 2 aromatic carbocycles. The Labute approximate surface area is 228 Å². The van der Waals surface area contributed by atoms with Gasteiger partial charge in [-0.2, -0.15) is 0 Å². The molecular formula is C33H44O5. The van der Waals surface area contributed by atoms with Crippen molar-refractivity contribution in [2.75, 3.05) is 6.61 Å². The molecule has 0 heterocycles. The van der Waals surface area contributed by atoms with Crippen molar-refractivity contribution < 1.29 is 23.8 Å². The Kier molecular flexibility index (Phi) is 9.81. The fraction of sp³-hybridized carbons (Fsp3) is 0.515. The quantitative estimate of drug-likeness (QED) is 0.180. The number of ether oxygens (including phenoxy) is 3. The van der Waals surface area contributed by atoms with Gasteiger partial charge in [0.05, 0.1) is 6.61 Å². The lowest BCUT2D eigenvalue weighted by molar-refractivity contribution is -0.171. The van der Waals surface area contributed by atoms with Gasteiger partial charge in [-0.15, -0.1) is 0 Å². The van der Waals surface area contributed by atoms with Gasteiger partial charge in [0, 0.05) is 5.56 Å². The summed E-state index contributed by atoms with van der Waals surface area (Å²) in [7, 11) is 0. The first kappa shape index (κ1) is 29.5. The average molecular weight is 521 g/mol. The maximum Gasteiger partial charge on any atom is 0.350 e. The Morgan fingerprint density at radius 3 is 2.11 bits per heavy atom. The summed E-state index contributed by atoms with van der Waals surface area (Å²) in [4.78, 5) is 25.4. The largest absolute Gasteiger partial charge is 0.494 e. The van der Waals surface area contributed by atoms with E-state index in [1.807, 2.05) is 71.0 Å². The Morgan fingerprint density at radius 1 is 0.921 bits per heavy atom. The number of carbonyl (C=O) groups excluding carboxylic acids is 2. The van der Waals surface area contributed by atoms with E-state index in [-0.39, 0.29) is 5.78 Å². The SMILES string of the molecule is Cc1cc(C=CC(=O)c2ccc(OCCC3CCCCC3)cc2)cc(C)c1OC(C)(C)C(=O)OC(C)(C)C. The lowest BCUT2D eigenvalue weighted by atomic mass is 9.87. The fourth-order valence-electron chi connectivity index (χ4n) is 4.74. The normalized spacial score (nSPS) is 14.9. The number of hydrogen-bond acceptors (Lipinski definition) is 5. The van der Waals surface area contributed by atoms with Crippen molar-refractivity contribution in [1.82, 2.24) is 0 Å². The van der Waals surface area contributed by atoms with E-state index in [0.717, 1.165) is 41.4 Å². The van der Waals surface area contributed by atoms with Gasteiger partial charge < -0.3 is 14.2 Å². The molecule has 5 heteroatoms. The summed E-state index contributed by atoms with van der Waals surface area (Å²) in [5.41, 5.74) is 1.53. The van der Waals surface area contributed by atoms with E-state index in [4.69, 9.17) is 14.2 Å². The molecule has 0 saturated heterocycles. The molecule has 0 amide bonds. The number of ketones is 1. The molecule has 38 heavy (non-hydrogen) atoms. The van der Waals surface area contributed by atoms with Crippen molar-refractivity contribution in [1.29, 1.82) is 0 Å². The Morgan fingerprint density at radius 2 is 1.53 bits per heavy atom. The van der Waals surface area contributed by atoms with Gasteiger partial charge in [-0.05, 0) is 120 Å². The molecule has 5 nitrogen and oxygen atoms in total. The molecule has 0 spiro atoms. The number of rotatable bonds is 10. The molecule has 0 unspecified atom stereocenters. The van der Waals surface area contributed by atoms with Crippen LogP contribution in [0.5, 0.6) is 11.5 Å². The molecule has 1 fully saturated rings. The number of aryl methyl sites for hydroxylation is 2. The maximum atomic E-state index is 12.8. The Balaban J connectivity index is 1.58. The highest BCUT2D eigenvalue weighted by Gasteiger charge is 2.35. The minimum atomic E-state index is -1.14. The van der Waals surface area contributed by atoms with Gasteiger partial charge >= 0.3 is 5.97 Å². The van der Waals surface area contributed by atoms with E-state index in [1.165, 1.54) is 32.1 Å². The van der Waals surface area contributed by atoms with E-state index < -0.39 is 17.2 Å². The monoisotopic (exact) mass is 520 g/mol. The third-order valence-electron chi connectivity index (χ3n) is 6.82. The van der Waals surface area contributed by atoms with E-state index in [0.29, 0.717) is 11.3 Å². The topological polar surface area (TPSA) is 61.8 Å². The van der Waals surface area contributed by atoms with Crippen LogP contribution in [0.4, 0.5) is 0 Å². The summed E-state index contributed by atoms with van der Waals surface area (Å²) >= 11 is 0. The van der Waals surface area contributed by atoms with Crippen molar-refractivity contribution in [2.24, 2.45) is 5.92 Å². The van der Waals surface area contributed by atoms with Crippen molar-refractivity contribution in [3.05, 3.63) is 64.7 Å². The standard InChI is InChI=1S/C33H44O5/c1-23-21-26(22-24(2)30(23)37-33(6,7)31(35)38-32(3,4)5)13-18-29(34)27-14-16-28(17-15-27)36-20-19-25-11-9-8-10-12-25/h13-18,21-22,25H,8-12,19-20H2,1-7H3. The molecule has 1 aliphatic carbocycles. The molecule has 206 valence electrons. The first-order valence-corrected chi connectivity index (χ1v) is 13.8. The van der Waals surface area contributed by atoms with Crippen molar-refractivity contribution in [2.45, 2.75) is 98.2 Å². The van der Waals surface area contributed by atoms with E-state index in [2.05, 4.69) is 0 Å². The molecule has 1 aliphatic rings. The van der Waals surface area contributed by atoms with Crippen LogP contribution in [-0.4, -0.2) is 29.6 Å². The predicted molar refractivity (Wildman–Crippen MR) is 153 cm³/mol. The van der Waals surface area contributed by atoms with Crippen LogP contribution in [0.1, 0.15) is 100 Å². The number of benzene rings is 2. The van der Waals surface area contributed by atoms with Crippen molar-refractivity contribution in [3.63, 3.8) is 0 Å². The van der Waals surface area contributed by atoms with Crippen LogP contribution in [0.2, 0.25) is 0 Å². The first-order valence-electron chi connectivity index (χ1n) is 13.8. The summed E-state index contributed by atoms with van der Waals surface area (Å²) in [6, 6.07) is 11.3. The van der Waals surface area contributed by atoms with Crippen molar-refractivity contribution >= 4 is 17.8 Å². The Bertz CT molecular complexity index is 1110. The number of hydrogen-bond donors (Lipinski definition) is 0. The van der Waals surface area contributed by atoms with Crippen molar-refractivity contribution in [3.8, 4) is 11.5 Å². The zero-order valence-electron chi connectivity index (χ0n) is 24.2. The van der Waals surface area contributed by atoms with Gasteiger partial charge in [0.2, 0.25) is 0 Å². The highest BCUT2D eigenvalue weighted by Crippen LogP contribution is 2.30. The molecule has 0 bridgehead atoms. The lowest BCUT2D eigenvalue weighted by Crippen LogP contribution is -2.43. The van der Waals surface area contributed by atoms with Crippen LogP contribution < -0.4 is 9.47 Å². The van der Waals surface area contributed by atoms with Gasteiger partial charge in [-0.3, -0.25) is 4.79 Å². The molecule has 0 N–H and O–H groups in total. The smallest absolute Gasteiger partial charge is 0.350 e. The van der Waals surface area contributed by atoms with Gasteiger partial charge in [-0.25, -0.2) is 4.79 Å². The molecule has 0 atom stereocenters. The highest BCUT2D eigenvalue weighted by atomic mass is 16.6. The fourth-order valence-corrected chi connectivity index (χ4v) is 4.74. The third kappa shape index (κ3) is 8.75. The summed E-state index contributed by atoms with van der Waals surface area (Å²) < 4.78 is 17.5. The molecule has 2 aromatic rings. The second-order valence-corrected chi connectivity index (χ2v) is 12.0. The molecule has 1 saturated carbocycles. The molecular weight excluding hydrogens is 476 g/mol. The van der Waals surface area contributed by atoms with Crippen LogP contribution in [0, 0.1) is 19.8 Å². The van der Waals surface area contributed by atoms with Crippen LogP contribution in [-0.2, 0) is 9.53 Å². The summed E-state index contributed by atoms with van der Waals surface area (Å²) in [6.45, 7) is 13.5. The van der Waals surface area contributed by atoms with Gasteiger partial charge in [-0.1, -0.05) is 38.2 Å². The first-order chi connectivity index (χ1) is 17.8. The minimum absolute atomic E-state index is 0.0690. The van der Waals surface area contributed by atoms with Gasteiger partial charge in [0.1, 0.15) is 17.1 Å². The second kappa shape index (κ2) is 12.6. The predicted octanol–water partition coefficient (Wildman–Crippen LogP) is 8.05. The zero-order chi connectivity index (χ0) is 27.9. The van der Waals surface area contributed by atoms with Crippen LogP contribution in [0.15, 0.2) is 42.5 Å². The van der Waals surface area contributed by atoms with Crippen LogP contribution in [0.3, 0.4) is 0 Å². The van der Waals surface area contributed by atoms with E-state index in [1.54, 1.807) is 26.0 Å². The zero-order valence-corrected chi connectivity index (χ0v) is 24.2. The molecule has 0 aliphatic heterocycles. The molecule has 0 aromatic heterocycles. The van der Waals surface area contributed by atoms with Crippen LogP contribution >= 0.6 is 0 Å². The maximum absolute atomic E-state index is 12.8. The highest BCUT2D eigenvalue weighted by molar-refractivity contribution is 6.06. The number of allylic oxidation sites excluding steroid dienone is 1. The summed E-state index contributed by atoms with van der Waals surface area (Å²) in [5, 5.41) is 0. The average Bonchev–Trinajstić information content (AvgIpc) is 2.85. The number of carbonyl (C=O) groups is 2. The third-order valence-corrected chi connectivity index (χ3v) is 6.82. The molecule has 0 radical (unpaired) electrons. The van der Waals surface area contributed by atoms with Crippen LogP contribution in [0.25, 0.3) is 6.08 Å². The molecule has 3 rings (SSSR count). The summed E-state index contributed by atoms with van der Waals surface area (Å²) in [6.07, 6.45) is 11.2. The van der Waals surface area contributed by atoms with E-state index >= 15 is 0 Å². The second-order valence-electron chi connectivity index (χ2n) is 12.0. The van der Waals surface area contributed by atoms with Gasteiger partial charge in [0.25, 0.3) is 0 Å². The summed E-state index contributed by atoms with van der Waals surface area (Å²) in [5.74, 6) is 1.75. The minimum Gasteiger partial charge on any atom is -0.494 e. The Hall–Kier alpha value is -3.08.